The quantitative estimate of drug-likeness (QED) is 0.792. The van der Waals surface area contributed by atoms with Gasteiger partial charge in [-0.15, -0.1) is 0 Å². The second-order valence-corrected chi connectivity index (χ2v) is 6.94. The van der Waals surface area contributed by atoms with Gasteiger partial charge in [-0.05, 0) is 18.1 Å². The van der Waals surface area contributed by atoms with Gasteiger partial charge in [0.05, 0.1) is 12.8 Å². The van der Waals surface area contributed by atoms with Crippen LogP contribution < -0.4 is 14.4 Å². The lowest BCUT2D eigenvalue weighted by Gasteiger charge is -2.28. The van der Waals surface area contributed by atoms with Crippen LogP contribution in [0, 0.1) is 5.92 Å². The number of hydrogen-bond acceptors (Lipinski definition) is 6. The zero-order valence-electron chi connectivity index (χ0n) is 11.7. The van der Waals surface area contributed by atoms with Gasteiger partial charge in [0.15, 0.2) is 11.6 Å². The summed E-state index contributed by atoms with van der Waals surface area (Å²) in [5.74, 6) is 1.09. The van der Waals surface area contributed by atoms with E-state index in [0.29, 0.717) is 18.2 Å². The third-order valence-corrected chi connectivity index (χ3v) is 4.11. The Hall–Kier alpha value is -1.54. The van der Waals surface area contributed by atoms with E-state index >= 15 is 0 Å². The van der Waals surface area contributed by atoms with Crippen molar-refractivity contribution in [1.82, 2.24) is 4.98 Å². The zero-order chi connectivity index (χ0) is 14.9. The van der Waals surface area contributed by atoms with Crippen LogP contribution in [0.3, 0.4) is 0 Å². The molecule has 0 aliphatic carbocycles. The topological polar surface area (TPSA) is 91.8 Å². The van der Waals surface area contributed by atoms with E-state index in [9.17, 15) is 13.5 Å². The van der Waals surface area contributed by atoms with E-state index in [1.54, 1.807) is 12.1 Å². The van der Waals surface area contributed by atoms with Crippen molar-refractivity contribution in [2.24, 2.45) is 5.92 Å². The minimum atomic E-state index is -3.40. The van der Waals surface area contributed by atoms with Crippen LogP contribution in [-0.2, 0) is 10.0 Å². The summed E-state index contributed by atoms with van der Waals surface area (Å²) in [6, 6.07) is 3.30. The van der Waals surface area contributed by atoms with Crippen LogP contribution in [0.25, 0.3) is 0 Å². The van der Waals surface area contributed by atoms with Crippen molar-refractivity contribution < 1.29 is 18.3 Å². The molecule has 2 heterocycles. The van der Waals surface area contributed by atoms with Gasteiger partial charge in [0.25, 0.3) is 0 Å². The Morgan fingerprint density at radius 1 is 1.45 bits per heavy atom. The van der Waals surface area contributed by atoms with Gasteiger partial charge in [0.1, 0.15) is 18.7 Å². The van der Waals surface area contributed by atoms with Crippen molar-refractivity contribution >= 4 is 21.7 Å². The molecule has 0 saturated heterocycles. The second kappa shape index (κ2) is 5.45. The Morgan fingerprint density at radius 3 is 2.75 bits per heavy atom. The average Bonchev–Trinajstić information content (AvgIpc) is 2.36. The number of rotatable bonds is 4. The molecule has 20 heavy (non-hydrogen) atoms. The number of pyridine rings is 1. The highest BCUT2D eigenvalue weighted by molar-refractivity contribution is 7.92. The molecule has 1 aliphatic heterocycles. The number of aromatic nitrogens is 1. The smallest absolute Gasteiger partial charge is 0.233 e. The lowest BCUT2D eigenvalue weighted by atomic mass is 10.2. The molecule has 1 aliphatic rings. The van der Waals surface area contributed by atoms with Gasteiger partial charge in [0, 0.05) is 0 Å². The average molecular weight is 301 g/mol. The first-order valence-electron chi connectivity index (χ1n) is 6.35. The summed E-state index contributed by atoms with van der Waals surface area (Å²) in [6.07, 6.45) is 0.379. The molecule has 1 unspecified atom stereocenters. The maximum Gasteiger partial charge on any atom is 0.233 e. The standard InChI is InChI=1S/C12H19N3O4S/c1-8(2)12(16)14-10-5-4-9-11(13-10)15(6-7-19-9)20(3,17)18/h4-5,8,12,16H,6-7H2,1-3H3,(H,13,14). The highest BCUT2D eigenvalue weighted by Crippen LogP contribution is 2.32. The molecule has 7 nitrogen and oxygen atoms in total. The third-order valence-electron chi connectivity index (χ3n) is 2.96. The molecule has 0 aromatic carbocycles. The lowest BCUT2D eigenvalue weighted by Crippen LogP contribution is -2.38. The summed E-state index contributed by atoms with van der Waals surface area (Å²) in [7, 11) is -3.40. The maximum atomic E-state index is 11.8. The van der Waals surface area contributed by atoms with Crippen molar-refractivity contribution in [2.75, 3.05) is 29.0 Å². The normalized spacial score (nSPS) is 16.6. The second-order valence-electron chi connectivity index (χ2n) is 5.04. The van der Waals surface area contributed by atoms with Crippen LogP contribution in [0.15, 0.2) is 12.1 Å². The summed E-state index contributed by atoms with van der Waals surface area (Å²) < 4.78 is 30.1. The fraction of sp³-hybridized carbons (Fsp3) is 0.583. The summed E-state index contributed by atoms with van der Waals surface area (Å²) in [6.45, 7) is 4.25. The molecule has 0 fully saturated rings. The molecule has 2 N–H and O–H groups in total. The Morgan fingerprint density at radius 2 is 2.15 bits per heavy atom. The number of aliphatic hydroxyl groups excluding tert-OH is 1. The fourth-order valence-corrected chi connectivity index (χ4v) is 2.64. The highest BCUT2D eigenvalue weighted by atomic mass is 32.2. The number of anilines is 2. The number of hydrogen-bond donors (Lipinski definition) is 2. The molecular weight excluding hydrogens is 282 g/mol. The van der Waals surface area contributed by atoms with Crippen LogP contribution in [0.5, 0.6) is 5.75 Å². The molecule has 2 rings (SSSR count). The molecule has 0 bridgehead atoms. The summed E-state index contributed by atoms with van der Waals surface area (Å²) in [4.78, 5) is 4.23. The first-order chi connectivity index (χ1) is 9.29. The molecule has 1 aromatic rings. The molecule has 8 heteroatoms. The van der Waals surface area contributed by atoms with Crippen molar-refractivity contribution in [3.63, 3.8) is 0 Å². The van der Waals surface area contributed by atoms with Gasteiger partial charge in [0.2, 0.25) is 10.0 Å². The molecular formula is C12H19N3O4S. The van der Waals surface area contributed by atoms with Crippen molar-refractivity contribution in [3.05, 3.63) is 12.1 Å². The van der Waals surface area contributed by atoms with Crippen LogP contribution >= 0.6 is 0 Å². The van der Waals surface area contributed by atoms with E-state index in [1.165, 1.54) is 4.31 Å². The van der Waals surface area contributed by atoms with Crippen LogP contribution in [-0.4, -0.2) is 44.1 Å². The lowest BCUT2D eigenvalue weighted by molar-refractivity contribution is 0.152. The SMILES string of the molecule is CC(C)C(O)Nc1ccc2c(n1)N(S(C)(=O)=O)CCO2. The molecule has 112 valence electrons. The minimum Gasteiger partial charge on any atom is -0.488 e. The fourth-order valence-electron chi connectivity index (χ4n) is 1.79. The Balaban J connectivity index is 2.33. The number of nitrogens with one attached hydrogen (secondary N) is 1. The Bertz CT molecular complexity index is 588. The highest BCUT2D eigenvalue weighted by Gasteiger charge is 2.27. The summed E-state index contributed by atoms with van der Waals surface area (Å²) in [5, 5.41) is 12.6. The number of sulfonamides is 1. The molecule has 0 radical (unpaired) electrons. The van der Waals surface area contributed by atoms with Crippen LogP contribution in [0.2, 0.25) is 0 Å². The molecule has 0 spiro atoms. The van der Waals surface area contributed by atoms with E-state index in [2.05, 4.69) is 10.3 Å². The van der Waals surface area contributed by atoms with Crippen LogP contribution in [0.4, 0.5) is 11.6 Å². The van der Waals surface area contributed by atoms with Gasteiger partial charge < -0.3 is 15.2 Å². The first kappa shape index (κ1) is 14.9. The van der Waals surface area contributed by atoms with E-state index < -0.39 is 16.3 Å². The first-order valence-corrected chi connectivity index (χ1v) is 8.20. The van der Waals surface area contributed by atoms with Gasteiger partial charge >= 0.3 is 0 Å². The third kappa shape index (κ3) is 3.13. The number of nitrogens with zero attached hydrogens (tertiary/aromatic N) is 2. The molecule has 0 amide bonds. The van der Waals surface area contributed by atoms with Crippen molar-refractivity contribution in [3.8, 4) is 5.75 Å². The minimum absolute atomic E-state index is 0.00935. The molecule has 0 saturated carbocycles. The number of aliphatic hydroxyl groups is 1. The van der Waals surface area contributed by atoms with E-state index in [0.717, 1.165) is 6.26 Å². The Kier molecular flexibility index (Phi) is 4.05. The van der Waals surface area contributed by atoms with Gasteiger partial charge in [-0.3, -0.25) is 0 Å². The monoisotopic (exact) mass is 301 g/mol. The predicted octanol–water partition coefficient (Wildman–Crippen LogP) is 0.626. The summed E-state index contributed by atoms with van der Waals surface area (Å²) in [5.41, 5.74) is 0. The Labute approximate surface area is 118 Å². The summed E-state index contributed by atoms with van der Waals surface area (Å²) >= 11 is 0. The van der Waals surface area contributed by atoms with Crippen molar-refractivity contribution in [2.45, 2.75) is 20.1 Å². The van der Waals surface area contributed by atoms with Crippen molar-refractivity contribution in [1.29, 1.82) is 0 Å². The number of ether oxygens (including phenoxy) is 1. The number of fused-ring (bicyclic) bond motifs is 1. The van der Waals surface area contributed by atoms with E-state index in [1.807, 2.05) is 13.8 Å². The largest absolute Gasteiger partial charge is 0.488 e. The molecule has 1 aromatic heterocycles. The van der Waals surface area contributed by atoms with Gasteiger partial charge in [-0.2, -0.15) is 0 Å². The van der Waals surface area contributed by atoms with E-state index in [-0.39, 0.29) is 18.3 Å². The predicted molar refractivity (Wildman–Crippen MR) is 76.4 cm³/mol. The maximum absolute atomic E-state index is 11.8. The van der Waals surface area contributed by atoms with E-state index in [4.69, 9.17) is 4.74 Å². The van der Waals surface area contributed by atoms with Gasteiger partial charge in [-0.1, -0.05) is 13.8 Å². The van der Waals surface area contributed by atoms with Gasteiger partial charge in [-0.25, -0.2) is 17.7 Å². The molecule has 1 atom stereocenters. The van der Waals surface area contributed by atoms with Crippen LogP contribution in [0.1, 0.15) is 13.8 Å². The zero-order valence-corrected chi connectivity index (χ0v) is 12.5.